The van der Waals surface area contributed by atoms with Crippen molar-refractivity contribution in [2.75, 3.05) is 5.32 Å². The smallest absolute Gasteiger partial charge is 0.290 e. The zero-order valence-electron chi connectivity index (χ0n) is 12.5. The quantitative estimate of drug-likeness (QED) is 0.678. The van der Waals surface area contributed by atoms with E-state index in [2.05, 4.69) is 10.3 Å². The van der Waals surface area contributed by atoms with Gasteiger partial charge in [0.05, 0.1) is 4.92 Å². The molecule has 1 N–H and O–H groups in total. The minimum absolute atomic E-state index is 0.0577. The predicted octanol–water partition coefficient (Wildman–Crippen LogP) is 3.18. The fourth-order valence-corrected chi connectivity index (χ4v) is 2.03. The monoisotopic (exact) mass is 299 g/mol. The van der Waals surface area contributed by atoms with Crippen LogP contribution in [0.5, 0.6) is 0 Å². The van der Waals surface area contributed by atoms with Crippen LogP contribution in [0.25, 0.3) is 0 Å². The number of carbonyl (C=O) groups is 1. The number of hydrogen-bond acceptors (Lipinski definition) is 4. The highest BCUT2D eigenvalue weighted by atomic mass is 16.6. The van der Waals surface area contributed by atoms with E-state index >= 15 is 0 Å². The Kier molecular flexibility index (Phi) is 4.83. The van der Waals surface area contributed by atoms with Gasteiger partial charge in [-0.05, 0) is 31.9 Å². The van der Waals surface area contributed by atoms with Gasteiger partial charge >= 0.3 is 0 Å². The summed E-state index contributed by atoms with van der Waals surface area (Å²) in [5.41, 5.74) is 2.68. The van der Waals surface area contributed by atoms with Gasteiger partial charge in [0.15, 0.2) is 0 Å². The molecule has 0 atom stereocenters. The summed E-state index contributed by atoms with van der Waals surface area (Å²) in [5, 5.41) is 13.4. The van der Waals surface area contributed by atoms with E-state index in [9.17, 15) is 14.9 Å². The van der Waals surface area contributed by atoms with Crippen LogP contribution in [0, 0.1) is 24.0 Å². The maximum absolute atomic E-state index is 11.9. The summed E-state index contributed by atoms with van der Waals surface area (Å²) in [6.45, 7) is 3.63. The molecule has 0 unspecified atom stereocenters. The van der Waals surface area contributed by atoms with Crippen LogP contribution < -0.4 is 5.32 Å². The van der Waals surface area contributed by atoms with Gasteiger partial charge in [-0.25, -0.2) is 4.98 Å². The maximum atomic E-state index is 11.9. The van der Waals surface area contributed by atoms with E-state index in [1.54, 1.807) is 6.92 Å². The number of nitrogens with zero attached hydrogens (tertiary/aromatic N) is 2. The first-order chi connectivity index (χ1) is 10.5. The number of aryl methyl sites for hydroxylation is 3. The molecule has 0 saturated heterocycles. The number of carbonyl (C=O) groups excluding carboxylic acids is 1. The van der Waals surface area contributed by atoms with Crippen molar-refractivity contribution in [1.29, 1.82) is 0 Å². The summed E-state index contributed by atoms with van der Waals surface area (Å²) in [7, 11) is 0. The Morgan fingerprint density at radius 2 is 1.95 bits per heavy atom. The lowest BCUT2D eigenvalue weighted by Gasteiger charge is -2.06. The third kappa shape index (κ3) is 4.12. The fraction of sp³-hybridized carbons (Fsp3) is 0.250. The molecule has 22 heavy (non-hydrogen) atoms. The second-order valence-corrected chi connectivity index (χ2v) is 5.15. The summed E-state index contributed by atoms with van der Waals surface area (Å²) in [4.78, 5) is 26.0. The van der Waals surface area contributed by atoms with Crippen molar-refractivity contribution in [2.45, 2.75) is 26.7 Å². The number of pyridine rings is 1. The molecular weight excluding hydrogens is 282 g/mol. The van der Waals surface area contributed by atoms with Gasteiger partial charge < -0.3 is 5.32 Å². The lowest BCUT2D eigenvalue weighted by atomic mass is 10.1. The Balaban J connectivity index is 1.93. The van der Waals surface area contributed by atoms with Crippen molar-refractivity contribution >= 4 is 17.4 Å². The number of amides is 1. The highest BCUT2D eigenvalue weighted by Gasteiger charge is 2.12. The molecule has 0 aliphatic carbocycles. The molecule has 0 aliphatic heterocycles. The minimum atomic E-state index is -0.495. The topological polar surface area (TPSA) is 85.1 Å². The van der Waals surface area contributed by atoms with Gasteiger partial charge in [-0.15, -0.1) is 0 Å². The maximum Gasteiger partial charge on any atom is 0.290 e. The van der Waals surface area contributed by atoms with Crippen molar-refractivity contribution in [3.63, 3.8) is 0 Å². The van der Waals surface area contributed by atoms with Crippen molar-refractivity contribution in [3.05, 3.63) is 63.3 Å². The van der Waals surface area contributed by atoms with Gasteiger partial charge in [-0.1, -0.05) is 29.8 Å². The number of nitro groups is 1. The minimum Gasteiger partial charge on any atom is -0.311 e. The van der Waals surface area contributed by atoms with E-state index in [0.29, 0.717) is 24.2 Å². The first-order valence-corrected chi connectivity index (χ1v) is 6.92. The summed E-state index contributed by atoms with van der Waals surface area (Å²) in [6.07, 6.45) is 2.13. The normalized spacial score (nSPS) is 10.3. The lowest BCUT2D eigenvalue weighted by molar-refractivity contribution is -0.385. The Bertz CT molecular complexity index is 696. The van der Waals surface area contributed by atoms with Gasteiger partial charge in [-0.3, -0.25) is 14.9 Å². The predicted molar refractivity (Wildman–Crippen MR) is 83.8 cm³/mol. The molecule has 0 bridgehead atoms. The van der Waals surface area contributed by atoms with E-state index in [4.69, 9.17) is 0 Å². The third-order valence-corrected chi connectivity index (χ3v) is 3.31. The number of hydrogen-bond donors (Lipinski definition) is 1. The average Bonchev–Trinajstić information content (AvgIpc) is 2.46. The van der Waals surface area contributed by atoms with Gasteiger partial charge in [0.25, 0.3) is 5.69 Å². The van der Waals surface area contributed by atoms with E-state index in [1.807, 2.05) is 31.2 Å². The molecule has 1 aromatic heterocycles. The van der Waals surface area contributed by atoms with Crippen molar-refractivity contribution in [3.8, 4) is 0 Å². The van der Waals surface area contributed by atoms with Gasteiger partial charge in [0.2, 0.25) is 5.91 Å². The Morgan fingerprint density at radius 1 is 1.27 bits per heavy atom. The van der Waals surface area contributed by atoms with Crippen molar-refractivity contribution in [1.82, 2.24) is 4.98 Å². The summed E-state index contributed by atoms with van der Waals surface area (Å²) < 4.78 is 0. The van der Waals surface area contributed by atoms with Crippen LogP contribution in [0.4, 0.5) is 11.5 Å². The van der Waals surface area contributed by atoms with E-state index in [1.165, 1.54) is 11.6 Å². The van der Waals surface area contributed by atoms with E-state index in [0.717, 1.165) is 11.8 Å². The van der Waals surface area contributed by atoms with E-state index < -0.39 is 4.92 Å². The SMILES string of the molecule is Cc1ccc(CCC(=O)Nc2cc(C)c([N+](=O)[O-])cn2)cc1. The van der Waals surface area contributed by atoms with E-state index in [-0.39, 0.29) is 11.6 Å². The van der Waals surface area contributed by atoms with Crippen LogP contribution in [-0.2, 0) is 11.2 Å². The van der Waals surface area contributed by atoms with Crippen LogP contribution in [0.1, 0.15) is 23.1 Å². The number of nitrogens with one attached hydrogen (secondary N) is 1. The van der Waals surface area contributed by atoms with Crippen molar-refractivity contribution < 1.29 is 9.72 Å². The molecule has 0 fully saturated rings. The summed E-state index contributed by atoms with van der Waals surface area (Å²) in [6, 6.07) is 9.51. The Hall–Kier alpha value is -2.76. The van der Waals surface area contributed by atoms with Gasteiger partial charge in [0.1, 0.15) is 12.0 Å². The molecule has 6 heteroatoms. The Morgan fingerprint density at radius 3 is 2.55 bits per heavy atom. The lowest BCUT2D eigenvalue weighted by Crippen LogP contribution is -2.13. The third-order valence-electron chi connectivity index (χ3n) is 3.31. The molecule has 0 saturated carbocycles. The zero-order chi connectivity index (χ0) is 16.1. The molecule has 6 nitrogen and oxygen atoms in total. The highest BCUT2D eigenvalue weighted by molar-refractivity contribution is 5.90. The number of anilines is 1. The molecule has 1 aromatic carbocycles. The summed E-state index contributed by atoms with van der Waals surface area (Å²) in [5.74, 6) is 0.165. The first kappa shape index (κ1) is 15.6. The molecule has 0 radical (unpaired) electrons. The van der Waals surface area contributed by atoms with Crippen LogP contribution in [0.2, 0.25) is 0 Å². The van der Waals surface area contributed by atoms with Crippen LogP contribution in [0.3, 0.4) is 0 Å². The Labute approximate surface area is 128 Å². The molecule has 1 heterocycles. The highest BCUT2D eigenvalue weighted by Crippen LogP contribution is 2.19. The molecular formula is C16H17N3O3. The zero-order valence-corrected chi connectivity index (χ0v) is 12.5. The van der Waals surface area contributed by atoms with Crippen LogP contribution in [0.15, 0.2) is 36.5 Å². The fourth-order valence-electron chi connectivity index (χ4n) is 2.03. The molecule has 2 aromatic rings. The number of rotatable bonds is 5. The molecule has 114 valence electrons. The van der Waals surface area contributed by atoms with Crippen molar-refractivity contribution in [2.24, 2.45) is 0 Å². The van der Waals surface area contributed by atoms with Gasteiger partial charge in [0, 0.05) is 12.0 Å². The molecule has 1 amide bonds. The molecule has 0 aliphatic rings. The molecule has 0 spiro atoms. The largest absolute Gasteiger partial charge is 0.311 e. The standard InChI is InChI=1S/C16H17N3O3/c1-11-3-5-13(6-4-11)7-8-16(20)18-15-9-12(2)14(10-17-15)19(21)22/h3-6,9-10H,7-8H2,1-2H3,(H,17,18,20). The second kappa shape index (κ2) is 6.80. The molecule has 2 rings (SSSR count). The summed E-state index contributed by atoms with van der Waals surface area (Å²) >= 11 is 0. The number of aromatic nitrogens is 1. The van der Waals surface area contributed by atoms with Crippen LogP contribution >= 0.6 is 0 Å². The second-order valence-electron chi connectivity index (χ2n) is 5.15. The average molecular weight is 299 g/mol. The van der Waals surface area contributed by atoms with Gasteiger partial charge in [-0.2, -0.15) is 0 Å². The van der Waals surface area contributed by atoms with Crippen LogP contribution in [-0.4, -0.2) is 15.8 Å². The number of benzene rings is 1. The first-order valence-electron chi connectivity index (χ1n) is 6.92.